The second-order valence-corrected chi connectivity index (χ2v) is 3.47. The van der Waals surface area contributed by atoms with Gasteiger partial charge in [0.05, 0.1) is 31.0 Å². The van der Waals surface area contributed by atoms with Crippen LogP contribution < -0.4 is 5.69 Å². The fourth-order valence-corrected chi connectivity index (χ4v) is 1.21. The number of halogens is 1. The average Bonchev–Trinajstić information content (AvgIpc) is 2.18. The number of ether oxygens (including phenoxy) is 1. The van der Waals surface area contributed by atoms with Crippen LogP contribution in [0.5, 0.6) is 0 Å². The monoisotopic (exact) mass is 234 g/mol. The van der Waals surface area contributed by atoms with E-state index in [-0.39, 0.29) is 5.69 Å². The first-order valence-electron chi connectivity index (χ1n) is 4.14. The van der Waals surface area contributed by atoms with Crippen molar-refractivity contribution in [2.24, 2.45) is 0 Å². The molecule has 0 saturated heterocycles. The van der Waals surface area contributed by atoms with Crippen LogP contribution in [0.3, 0.4) is 0 Å². The average molecular weight is 235 g/mol. The third kappa shape index (κ3) is 3.69. The fraction of sp³-hybridized carbons (Fsp3) is 0.500. The standard InChI is InChI=1S/C8H11ClN2O2S/c9-7-5-10-8(12)11(6-7)1-2-13-3-4-14/h5-6,14H,1-4H2. The van der Waals surface area contributed by atoms with E-state index in [0.717, 1.165) is 0 Å². The number of thiol groups is 1. The molecule has 0 aliphatic heterocycles. The van der Waals surface area contributed by atoms with Crippen molar-refractivity contribution >= 4 is 24.2 Å². The highest BCUT2D eigenvalue weighted by atomic mass is 35.5. The highest BCUT2D eigenvalue weighted by Crippen LogP contribution is 2.00. The zero-order valence-corrected chi connectivity index (χ0v) is 9.17. The number of aromatic nitrogens is 2. The smallest absolute Gasteiger partial charge is 0.347 e. The molecule has 0 aromatic carbocycles. The Balaban J connectivity index is 2.49. The van der Waals surface area contributed by atoms with E-state index in [9.17, 15) is 4.79 Å². The minimum absolute atomic E-state index is 0.316. The number of hydrogen-bond acceptors (Lipinski definition) is 4. The van der Waals surface area contributed by atoms with Crippen molar-refractivity contribution in [2.75, 3.05) is 19.0 Å². The summed E-state index contributed by atoms with van der Waals surface area (Å²) in [7, 11) is 0. The second-order valence-electron chi connectivity index (χ2n) is 2.58. The van der Waals surface area contributed by atoms with E-state index in [2.05, 4.69) is 17.6 Å². The van der Waals surface area contributed by atoms with Crippen LogP contribution in [0.15, 0.2) is 17.2 Å². The highest BCUT2D eigenvalue weighted by molar-refractivity contribution is 7.80. The SMILES string of the molecule is O=c1ncc(Cl)cn1CCOCCS. The molecule has 1 aromatic heterocycles. The zero-order valence-electron chi connectivity index (χ0n) is 7.52. The van der Waals surface area contributed by atoms with E-state index in [1.807, 2.05) is 0 Å². The van der Waals surface area contributed by atoms with Crippen molar-refractivity contribution < 1.29 is 4.74 Å². The zero-order chi connectivity index (χ0) is 10.4. The quantitative estimate of drug-likeness (QED) is 0.607. The van der Waals surface area contributed by atoms with Crippen molar-refractivity contribution in [1.82, 2.24) is 9.55 Å². The van der Waals surface area contributed by atoms with Gasteiger partial charge in [-0.15, -0.1) is 0 Å². The first-order chi connectivity index (χ1) is 6.74. The Kier molecular flexibility index (Phi) is 5.00. The molecule has 0 aliphatic rings. The van der Waals surface area contributed by atoms with Crippen molar-refractivity contribution in [3.8, 4) is 0 Å². The lowest BCUT2D eigenvalue weighted by molar-refractivity contribution is 0.140. The minimum Gasteiger partial charge on any atom is -0.379 e. The van der Waals surface area contributed by atoms with Crippen LogP contribution in [0.4, 0.5) is 0 Å². The molecule has 0 amide bonds. The van der Waals surface area contributed by atoms with Gasteiger partial charge in [0.1, 0.15) is 0 Å². The number of hydrogen-bond donors (Lipinski definition) is 1. The van der Waals surface area contributed by atoms with Crippen LogP contribution in [-0.2, 0) is 11.3 Å². The van der Waals surface area contributed by atoms with Crippen LogP contribution in [0, 0.1) is 0 Å². The molecule has 0 spiro atoms. The number of nitrogens with zero attached hydrogens (tertiary/aromatic N) is 2. The summed E-state index contributed by atoms with van der Waals surface area (Å²) in [6.07, 6.45) is 2.87. The van der Waals surface area contributed by atoms with Gasteiger partial charge in [-0.25, -0.2) is 9.78 Å². The van der Waals surface area contributed by atoms with E-state index in [1.165, 1.54) is 10.8 Å². The molecule has 4 nitrogen and oxygen atoms in total. The molecule has 1 rings (SSSR count). The Labute approximate surface area is 92.3 Å². The summed E-state index contributed by atoms with van der Waals surface area (Å²) in [5.41, 5.74) is -0.316. The lowest BCUT2D eigenvalue weighted by Gasteiger charge is -2.05. The summed E-state index contributed by atoms with van der Waals surface area (Å²) >= 11 is 9.67. The van der Waals surface area contributed by atoms with E-state index in [0.29, 0.717) is 30.5 Å². The van der Waals surface area contributed by atoms with Gasteiger partial charge in [0.2, 0.25) is 0 Å². The molecule has 0 aliphatic carbocycles. The van der Waals surface area contributed by atoms with Gasteiger partial charge in [-0.3, -0.25) is 4.57 Å². The molecule has 0 saturated carbocycles. The number of rotatable bonds is 5. The Hall–Kier alpha value is -0.520. The van der Waals surface area contributed by atoms with Crippen LogP contribution in [-0.4, -0.2) is 28.5 Å². The van der Waals surface area contributed by atoms with Gasteiger partial charge in [0.25, 0.3) is 0 Å². The Bertz CT molecular complexity index is 342. The molecule has 0 fully saturated rings. The first-order valence-corrected chi connectivity index (χ1v) is 5.15. The second kappa shape index (κ2) is 6.06. The van der Waals surface area contributed by atoms with E-state index >= 15 is 0 Å². The Morgan fingerprint density at radius 3 is 3.07 bits per heavy atom. The summed E-state index contributed by atoms with van der Waals surface area (Å²) in [6.45, 7) is 1.49. The highest BCUT2D eigenvalue weighted by Gasteiger charge is 1.97. The molecule has 0 N–H and O–H groups in total. The van der Waals surface area contributed by atoms with Crippen LogP contribution in [0.1, 0.15) is 0 Å². The predicted molar refractivity (Wildman–Crippen MR) is 58.2 cm³/mol. The summed E-state index contributed by atoms with van der Waals surface area (Å²) in [5.74, 6) is 0.669. The van der Waals surface area contributed by atoms with Crippen LogP contribution >= 0.6 is 24.2 Å². The lowest BCUT2D eigenvalue weighted by Crippen LogP contribution is -2.24. The summed E-state index contributed by atoms with van der Waals surface area (Å²) < 4.78 is 6.59. The summed E-state index contributed by atoms with van der Waals surface area (Å²) in [5, 5.41) is 0.443. The fourth-order valence-electron chi connectivity index (χ4n) is 0.918. The van der Waals surface area contributed by atoms with Gasteiger partial charge in [0.15, 0.2) is 0 Å². The van der Waals surface area contributed by atoms with Crippen LogP contribution in [0.25, 0.3) is 0 Å². The van der Waals surface area contributed by atoms with Gasteiger partial charge >= 0.3 is 5.69 Å². The third-order valence-electron chi connectivity index (χ3n) is 1.54. The van der Waals surface area contributed by atoms with Gasteiger partial charge in [-0.05, 0) is 0 Å². The molecule has 78 valence electrons. The molecule has 0 bridgehead atoms. The maximum atomic E-state index is 11.2. The lowest BCUT2D eigenvalue weighted by atomic mass is 10.6. The Morgan fingerprint density at radius 1 is 1.57 bits per heavy atom. The van der Waals surface area contributed by atoms with Gasteiger partial charge < -0.3 is 4.74 Å². The van der Waals surface area contributed by atoms with Crippen molar-refractivity contribution in [3.05, 3.63) is 27.9 Å². The first kappa shape index (κ1) is 11.6. The van der Waals surface area contributed by atoms with E-state index in [1.54, 1.807) is 6.20 Å². The van der Waals surface area contributed by atoms with Crippen molar-refractivity contribution in [2.45, 2.75) is 6.54 Å². The molecule has 6 heteroatoms. The predicted octanol–water partition coefficient (Wildman–Crippen LogP) is 0.843. The third-order valence-corrected chi connectivity index (χ3v) is 1.91. The minimum atomic E-state index is -0.316. The maximum Gasteiger partial charge on any atom is 0.347 e. The van der Waals surface area contributed by atoms with Gasteiger partial charge in [-0.1, -0.05) is 11.6 Å². The van der Waals surface area contributed by atoms with E-state index < -0.39 is 0 Å². The normalized spacial score (nSPS) is 10.4. The van der Waals surface area contributed by atoms with Gasteiger partial charge in [0, 0.05) is 11.9 Å². The summed E-state index contributed by atoms with van der Waals surface area (Å²) in [4.78, 5) is 14.7. The Morgan fingerprint density at radius 2 is 2.36 bits per heavy atom. The molecule has 1 aromatic rings. The molecule has 0 radical (unpaired) electrons. The largest absolute Gasteiger partial charge is 0.379 e. The summed E-state index contributed by atoms with van der Waals surface area (Å²) in [6, 6.07) is 0. The van der Waals surface area contributed by atoms with Gasteiger partial charge in [-0.2, -0.15) is 12.6 Å². The maximum absolute atomic E-state index is 11.2. The molecular weight excluding hydrogens is 224 g/mol. The molecule has 0 atom stereocenters. The molecule has 0 unspecified atom stereocenters. The van der Waals surface area contributed by atoms with Crippen molar-refractivity contribution in [3.63, 3.8) is 0 Å². The van der Waals surface area contributed by atoms with Crippen LogP contribution in [0.2, 0.25) is 5.02 Å². The molecule has 1 heterocycles. The topological polar surface area (TPSA) is 44.1 Å². The van der Waals surface area contributed by atoms with Crippen molar-refractivity contribution in [1.29, 1.82) is 0 Å². The molecular formula is C8H11ClN2O2S. The van der Waals surface area contributed by atoms with E-state index in [4.69, 9.17) is 16.3 Å². The molecule has 14 heavy (non-hydrogen) atoms.